The van der Waals surface area contributed by atoms with Crippen LogP contribution in [0.25, 0.3) is 0 Å². The summed E-state index contributed by atoms with van der Waals surface area (Å²) in [4.78, 5) is 0. The van der Waals surface area contributed by atoms with Crippen LogP contribution in [0.3, 0.4) is 0 Å². The zero-order valence-corrected chi connectivity index (χ0v) is 11.4. The van der Waals surface area contributed by atoms with Gasteiger partial charge in [-0.2, -0.15) is 0 Å². The van der Waals surface area contributed by atoms with Crippen LogP contribution < -0.4 is 0 Å². The molecule has 0 aliphatic heterocycles. The van der Waals surface area contributed by atoms with Gasteiger partial charge in [-0.25, -0.2) is 0 Å². The number of hydrogen-bond acceptors (Lipinski definition) is 1. The van der Waals surface area contributed by atoms with Crippen LogP contribution in [0.4, 0.5) is 0 Å². The molecule has 88 valence electrons. The molecule has 16 heavy (non-hydrogen) atoms. The monoisotopic (exact) mass is 283 g/mol. The number of aliphatic hydroxyl groups excluding tert-OH is 1. The van der Waals surface area contributed by atoms with Crippen LogP contribution in [0, 0.1) is 5.41 Å². The summed E-state index contributed by atoms with van der Waals surface area (Å²) in [5.74, 6) is 0. The van der Waals surface area contributed by atoms with E-state index in [0.717, 1.165) is 29.4 Å². The van der Waals surface area contributed by atoms with Gasteiger partial charge in [0.2, 0.25) is 0 Å². The minimum absolute atomic E-state index is 0.177. The van der Waals surface area contributed by atoms with E-state index in [9.17, 15) is 5.11 Å². The van der Waals surface area contributed by atoms with E-state index in [1.54, 1.807) is 0 Å². The summed E-state index contributed by atoms with van der Waals surface area (Å²) in [6, 6.07) is 2.03. The number of rotatable bonds is 2. The first kappa shape index (κ1) is 11.9. The fraction of sp³-hybridized carbons (Fsp3) is 0.538. The Morgan fingerprint density at radius 2 is 2.38 bits per heavy atom. The molecule has 0 saturated carbocycles. The highest BCUT2D eigenvalue weighted by atomic mass is 79.9. The maximum atomic E-state index is 10.1. The standard InChI is InChI=1S/C13H18BrNO/c1-9(14)8-15-5-4-10-11(15)6-13(2,3)7-12(10)16/h4-5,12,16H,1,6-8H2,2-3H3. The van der Waals surface area contributed by atoms with Crippen molar-refractivity contribution in [3.05, 3.63) is 34.6 Å². The number of hydrogen-bond donors (Lipinski definition) is 1. The Labute approximate surface area is 105 Å². The van der Waals surface area contributed by atoms with Gasteiger partial charge in [0.1, 0.15) is 0 Å². The molecule has 0 amide bonds. The van der Waals surface area contributed by atoms with Gasteiger partial charge in [0, 0.05) is 21.9 Å². The van der Waals surface area contributed by atoms with E-state index < -0.39 is 0 Å². The molecule has 1 unspecified atom stereocenters. The number of halogens is 1. The van der Waals surface area contributed by atoms with Gasteiger partial charge in [-0.15, -0.1) is 0 Å². The zero-order valence-electron chi connectivity index (χ0n) is 9.83. The number of aliphatic hydroxyl groups is 1. The van der Waals surface area contributed by atoms with E-state index in [-0.39, 0.29) is 11.5 Å². The van der Waals surface area contributed by atoms with Gasteiger partial charge in [-0.05, 0) is 24.3 Å². The highest BCUT2D eigenvalue weighted by molar-refractivity contribution is 9.11. The van der Waals surface area contributed by atoms with Crippen LogP contribution in [0.1, 0.15) is 37.6 Å². The summed E-state index contributed by atoms with van der Waals surface area (Å²) < 4.78 is 3.14. The average molecular weight is 284 g/mol. The van der Waals surface area contributed by atoms with Crippen molar-refractivity contribution in [1.82, 2.24) is 4.57 Å². The van der Waals surface area contributed by atoms with Gasteiger partial charge in [0.15, 0.2) is 0 Å². The maximum absolute atomic E-state index is 10.1. The summed E-state index contributed by atoms with van der Waals surface area (Å²) in [5, 5.41) is 10.1. The lowest BCUT2D eigenvalue weighted by Gasteiger charge is -2.33. The lowest BCUT2D eigenvalue weighted by Crippen LogP contribution is -2.26. The maximum Gasteiger partial charge on any atom is 0.0812 e. The first-order valence-electron chi connectivity index (χ1n) is 5.58. The number of fused-ring (bicyclic) bond motifs is 1. The molecule has 0 bridgehead atoms. The van der Waals surface area contributed by atoms with E-state index in [1.807, 2.05) is 12.3 Å². The topological polar surface area (TPSA) is 25.2 Å². The summed E-state index contributed by atoms with van der Waals surface area (Å²) in [7, 11) is 0. The third-order valence-electron chi connectivity index (χ3n) is 3.21. The normalized spacial score (nSPS) is 22.9. The molecular weight excluding hydrogens is 266 g/mol. The van der Waals surface area contributed by atoms with Crippen LogP contribution in [-0.2, 0) is 13.0 Å². The molecule has 1 heterocycles. The molecule has 1 N–H and O–H groups in total. The highest BCUT2D eigenvalue weighted by Gasteiger charge is 2.33. The Morgan fingerprint density at radius 1 is 1.69 bits per heavy atom. The Balaban J connectivity index is 2.37. The Kier molecular flexibility index (Phi) is 3.01. The lowest BCUT2D eigenvalue weighted by molar-refractivity contribution is 0.0981. The van der Waals surface area contributed by atoms with Crippen LogP contribution in [-0.4, -0.2) is 9.67 Å². The van der Waals surface area contributed by atoms with Crippen molar-refractivity contribution in [3.8, 4) is 0 Å². The minimum Gasteiger partial charge on any atom is -0.388 e. The van der Waals surface area contributed by atoms with Crippen LogP contribution in [0.5, 0.6) is 0 Å². The van der Waals surface area contributed by atoms with Crippen molar-refractivity contribution in [2.45, 2.75) is 39.3 Å². The van der Waals surface area contributed by atoms with Crippen molar-refractivity contribution in [1.29, 1.82) is 0 Å². The van der Waals surface area contributed by atoms with Gasteiger partial charge >= 0.3 is 0 Å². The molecular formula is C13H18BrNO. The van der Waals surface area contributed by atoms with E-state index in [2.05, 4.69) is 40.9 Å². The third-order valence-corrected chi connectivity index (χ3v) is 3.46. The van der Waals surface area contributed by atoms with Crippen molar-refractivity contribution in [3.63, 3.8) is 0 Å². The molecule has 3 heteroatoms. The van der Waals surface area contributed by atoms with Crippen LogP contribution >= 0.6 is 15.9 Å². The minimum atomic E-state index is -0.316. The van der Waals surface area contributed by atoms with Crippen molar-refractivity contribution in [2.75, 3.05) is 0 Å². The number of aromatic nitrogens is 1. The second-order valence-electron chi connectivity index (χ2n) is 5.42. The molecule has 2 rings (SSSR count). The SMILES string of the molecule is C=C(Br)Cn1ccc2c1CC(C)(C)CC2O. The second kappa shape index (κ2) is 4.04. The van der Waals surface area contributed by atoms with Crippen molar-refractivity contribution in [2.24, 2.45) is 5.41 Å². The van der Waals surface area contributed by atoms with Crippen LogP contribution in [0.15, 0.2) is 23.3 Å². The molecule has 1 aromatic rings. The number of nitrogens with zero attached hydrogens (tertiary/aromatic N) is 1. The van der Waals surface area contributed by atoms with Gasteiger partial charge in [0.05, 0.1) is 12.6 Å². The van der Waals surface area contributed by atoms with E-state index >= 15 is 0 Å². The molecule has 0 fully saturated rings. The average Bonchev–Trinajstić information content (AvgIpc) is 2.45. The molecule has 1 aliphatic rings. The quantitative estimate of drug-likeness (QED) is 0.884. The predicted octanol–water partition coefficient (Wildman–Crippen LogP) is 3.40. The molecule has 0 aromatic carbocycles. The van der Waals surface area contributed by atoms with Gasteiger partial charge < -0.3 is 9.67 Å². The summed E-state index contributed by atoms with van der Waals surface area (Å²) in [6.07, 6.45) is 3.59. The predicted molar refractivity (Wildman–Crippen MR) is 69.6 cm³/mol. The Morgan fingerprint density at radius 3 is 3.00 bits per heavy atom. The smallest absolute Gasteiger partial charge is 0.0812 e. The highest BCUT2D eigenvalue weighted by Crippen LogP contribution is 2.41. The summed E-state index contributed by atoms with van der Waals surface area (Å²) in [5.41, 5.74) is 2.52. The molecule has 2 nitrogen and oxygen atoms in total. The fourth-order valence-electron chi connectivity index (χ4n) is 2.52. The van der Waals surface area contributed by atoms with E-state index in [0.29, 0.717) is 0 Å². The van der Waals surface area contributed by atoms with Gasteiger partial charge in [-0.3, -0.25) is 0 Å². The largest absolute Gasteiger partial charge is 0.388 e. The fourth-order valence-corrected chi connectivity index (χ4v) is 2.79. The zero-order chi connectivity index (χ0) is 11.9. The molecule has 0 saturated heterocycles. The first-order valence-corrected chi connectivity index (χ1v) is 6.37. The molecule has 0 spiro atoms. The van der Waals surface area contributed by atoms with E-state index in [4.69, 9.17) is 0 Å². The molecule has 1 aliphatic carbocycles. The molecule has 1 aromatic heterocycles. The Hall–Kier alpha value is -0.540. The molecule has 1 atom stereocenters. The summed E-state index contributed by atoms with van der Waals surface area (Å²) >= 11 is 3.39. The Bertz CT molecular complexity index is 420. The first-order chi connectivity index (χ1) is 7.39. The lowest BCUT2D eigenvalue weighted by atomic mass is 9.75. The van der Waals surface area contributed by atoms with Crippen molar-refractivity contribution >= 4 is 15.9 Å². The van der Waals surface area contributed by atoms with Crippen molar-refractivity contribution < 1.29 is 5.11 Å². The summed E-state index contributed by atoms with van der Waals surface area (Å²) in [6.45, 7) is 9.06. The molecule has 0 radical (unpaired) electrons. The van der Waals surface area contributed by atoms with Crippen LogP contribution in [0.2, 0.25) is 0 Å². The van der Waals surface area contributed by atoms with Gasteiger partial charge in [0.25, 0.3) is 0 Å². The number of allylic oxidation sites excluding steroid dienone is 1. The van der Waals surface area contributed by atoms with Gasteiger partial charge in [-0.1, -0.05) is 36.4 Å². The second-order valence-corrected chi connectivity index (χ2v) is 6.55. The van der Waals surface area contributed by atoms with E-state index in [1.165, 1.54) is 5.69 Å². The third kappa shape index (κ3) is 2.25.